The Labute approximate surface area is 131 Å². The van der Waals surface area contributed by atoms with Gasteiger partial charge in [-0.25, -0.2) is 4.79 Å². The third-order valence-corrected chi connectivity index (χ3v) is 4.21. The third-order valence-electron chi connectivity index (χ3n) is 3.24. The Morgan fingerprint density at radius 2 is 2.00 bits per heavy atom. The predicted molar refractivity (Wildman–Crippen MR) is 81.5 cm³/mol. The van der Waals surface area contributed by atoms with Gasteiger partial charge in [0.2, 0.25) is 0 Å². The van der Waals surface area contributed by atoms with Crippen molar-refractivity contribution in [2.45, 2.75) is 33.4 Å². The number of imide groups is 1. The molecule has 1 aromatic carbocycles. The van der Waals surface area contributed by atoms with Gasteiger partial charge >= 0.3 is 6.03 Å². The maximum atomic E-state index is 12.3. The molecular weight excluding hydrogens is 344 g/mol. The smallest absolute Gasteiger partial charge is 0.325 e. The number of rotatable bonds is 2. The lowest BCUT2D eigenvalue weighted by molar-refractivity contribution is -0.129. The number of nitrogens with one attached hydrogen (secondary N) is 1. The van der Waals surface area contributed by atoms with Gasteiger partial charge in [-0.05, 0) is 23.1 Å². The minimum Gasteiger partial charge on any atom is -0.325 e. The second-order valence-corrected chi connectivity index (χ2v) is 7.20. The molecule has 0 aromatic heterocycles. The molecule has 6 heteroatoms. The Kier molecular flexibility index (Phi) is 4.12. The van der Waals surface area contributed by atoms with Crippen molar-refractivity contribution in [2.24, 2.45) is 5.41 Å². The molecule has 108 valence electrons. The minimum atomic E-state index is -0.485. The van der Waals surface area contributed by atoms with Crippen LogP contribution in [0.3, 0.4) is 0 Å². The monoisotopic (exact) mass is 358 g/mol. The van der Waals surface area contributed by atoms with E-state index in [1.54, 1.807) is 18.2 Å². The highest BCUT2D eigenvalue weighted by Crippen LogP contribution is 2.28. The van der Waals surface area contributed by atoms with Gasteiger partial charge in [0.05, 0.1) is 6.54 Å². The molecule has 1 fully saturated rings. The fourth-order valence-electron chi connectivity index (χ4n) is 2.08. The molecule has 4 nitrogen and oxygen atoms in total. The van der Waals surface area contributed by atoms with E-state index in [1.807, 2.05) is 20.8 Å². The van der Waals surface area contributed by atoms with Crippen LogP contribution in [-0.2, 0) is 11.3 Å². The van der Waals surface area contributed by atoms with Gasteiger partial charge < -0.3 is 5.32 Å². The summed E-state index contributed by atoms with van der Waals surface area (Å²) in [5.41, 5.74) is 0.533. The molecule has 1 saturated heterocycles. The number of hydrogen-bond acceptors (Lipinski definition) is 2. The lowest BCUT2D eigenvalue weighted by Gasteiger charge is -2.24. The summed E-state index contributed by atoms with van der Waals surface area (Å²) in [5, 5.41) is 3.34. The van der Waals surface area contributed by atoms with Crippen LogP contribution in [0.1, 0.15) is 26.3 Å². The summed E-state index contributed by atoms with van der Waals surface area (Å²) in [6.07, 6.45) is 0. The maximum absolute atomic E-state index is 12.3. The predicted octanol–water partition coefficient (Wildman–Crippen LogP) is 3.57. The molecule has 1 aromatic rings. The summed E-state index contributed by atoms with van der Waals surface area (Å²) < 4.78 is 0.782. The topological polar surface area (TPSA) is 49.4 Å². The fraction of sp³-hybridized carbons (Fsp3) is 0.429. The summed E-state index contributed by atoms with van der Waals surface area (Å²) in [7, 11) is 0. The second-order valence-electron chi connectivity index (χ2n) is 5.91. The van der Waals surface area contributed by atoms with E-state index in [9.17, 15) is 9.59 Å². The number of urea groups is 1. The van der Waals surface area contributed by atoms with Crippen molar-refractivity contribution in [2.75, 3.05) is 0 Å². The summed E-state index contributed by atoms with van der Waals surface area (Å²) in [6, 6.07) is 4.45. The number of halogens is 2. The molecule has 0 radical (unpaired) electrons. The molecule has 0 aliphatic carbocycles. The number of carbonyl (C=O) groups is 2. The van der Waals surface area contributed by atoms with Crippen LogP contribution in [0, 0.1) is 5.41 Å². The van der Waals surface area contributed by atoms with Gasteiger partial charge in [-0.1, -0.05) is 54.4 Å². The van der Waals surface area contributed by atoms with E-state index in [2.05, 4.69) is 21.2 Å². The third kappa shape index (κ3) is 2.99. The van der Waals surface area contributed by atoms with Crippen LogP contribution >= 0.6 is 27.5 Å². The normalized spacial score (nSPS) is 19.4. The van der Waals surface area contributed by atoms with Crippen molar-refractivity contribution in [3.8, 4) is 0 Å². The zero-order chi connectivity index (χ0) is 15.1. The Morgan fingerprint density at radius 3 is 2.50 bits per heavy atom. The Balaban J connectivity index is 2.22. The Bertz CT molecular complexity index is 569. The van der Waals surface area contributed by atoms with Crippen LogP contribution < -0.4 is 5.32 Å². The fourth-order valence-corrected chi connectivity index (χ4v) is 2.88. The van der Waals surface area contributed by atoms with E-state index in [4.69, 9.17) is 11.6 Å². The molecule has 1 aliphatic rings. The number of carbonyl (C=O) groups excluding carboxylic acids is 2. The Hall–Kier alpha value is -1.07. The van der Waals surface area contributed by atoms with Gasteiger partial charge in [0.1, 0.15) is 6.04 Å². The zero-order valence-electron chi connectivity index (χ0n) is 11.5. The average Bonchev–Trinajstić information content (AvgIpc) is 2.59. The summed E-state index contributed by atoms with van der Waals surface area (Å²) in [4.78, 5) is 25.6. The van der Waals surface area contributed by atoms with Crippen molar-refractivity contribution in [1.82, 2.24) is 10.2 Å². The number of benzene rings is 1. The lowest BCUT2D eigenvalue weighted by atomic mass is 9.87. The molecular formula is C14H16BrClN2O2. The van der Waals surface area contributed by atoms with Crippen LogP contribution in [-0.4, -0.2) is 22.9 Å². The molecule has 1 atom stereocenters. The van der Waals surface area contributed by atoms with Gasteiger partial charge in [0, 0.05) is 9.50 Å². The molecule has 1 heterocycles. The minimum absolute atomic E-state index is 0.190. The van der Waals surface area contributed by atoms with Crippen molar-refractivity contribution in [3.05, 3.63) is 33.3 Å². The SMILES string of the molecule is CC(C)(C)[C@@H]1NC(=O)N(Cc2ccc(Cl)cc2Br)C1=O. The first-order valence-corrected chi connectivity index (χ1v) is 7.43. The molecule has 2 rings (SSSR count). The summed E-state index contributed by atoms with van der Waals surface area (Å²) in [5.74, 6) is -0.190. The van der Waals surface area contributed by atoms with Crippen LogP contribution in [0.2, 0.25) is 5.02 Å². The van der Waals surface area contributed by atoms with E-state index >= 15 is 0 Å². The molecule has 0 spiro atoms. The highest BCUT2D eigenvalue weighted by Gasteiger charge is 2.44. The maximum Gasteiger partial charge on any atom is 0.325 e. The van der Waals surface area contributed by atoms with E-state index in [0.29, 0.717) is 5.02 Å². The van der Waals surface area contributed by atoms with Gasteiger partial charge in [0.15, 0.2) is 0 Å². The summed E-state index contributed by atoms with van der Waals surface area (Å²) >= 11 is 9.28. The van der Waals surface area contributed by atoms with Crippen molar-refractivity contribution in [3.63, 3.8) is 0 Å². The van der Waals surface area contributed by atoms with Crippen LogP contribution in [0.25, 0.3) is 0 Å². The standard InChI is InChI=1S/C14H16BrClN2O2/c1-14(2,3)11-12(19)18(13(20)17-11)7-8-4-5-9(16)6-10(8)15/h4-6,11H,7H2,1-3H3,(H,17,20)/t11-/m1/s1. The van der Waals surface area contributed by atoms with Crippen molar-refractivity contribution >= 4 is 39.5 Å². The van der Waals surface area contributed by atoms with Gasteiger partial charge in [-0.15, -0.1) is 0 Å². The van der Waals surface area contributed by atoms with Gasteiger partial charge in [-0.3, -0.25) is 9.69 Å². The van der Waals surface area contributed by atoms with E-state index in [1.165, 1.54) is 4.90 Å². The molecule has 3 amide bonds. The van der Waals surface area contributed by atoms with E-state index < -0.39 is 6.04 Å². The molecule has 20 heavy (non-hydrogen) atoms. The quantitative estimate of drug-likeness (QED) is 0.821. The molecule has 0 saturated carbocycles. The first-order chi connectivity index (χ1) is 9.20. The van der Waals surface area contributed by atoms with E-state index in [0.717, 1.165) is 10.0 Å². The molecule has 0 bridgehead atoms. The molecule has 1 N–H and O–H groups in total. The first-order valence-electron chi connectivity index (χ1n) is 6.26. The van der Waals surface area contributed by atoms with Gasteiger partial charge in [0.25, 0.3) is 5.91 Å². The average molecular weight is 360 g/mol. The highest BCUT2D eigenvalue weighted by molar-refractivity contribution is 9.10. The van der Waals surface area contributed by atoms with Crippen LogP contribution in [0.4, 0.5) is 4.79 Å². The lowest BCUT2D eigenvalue weighted by Crippen LogP contribution is -2.41. The first kappa shape index (κ1) is 15.3. The number of amides is 3. The highest BCUT2D eigenvalue weighted by atomic mass is 79.9. The van der Waals surface area contributed by atoms with Gasteiger partial charge in [-0.2, -0.15) is 0 Å². The van der Waals surface area contributed by atoms with Crippen LogP contribution in [0.15, 0.2) is 22.7 Å². The molecule has 0 unspecified atom stereocenters. The second kappa shape index (κ2) is 5.37. The Morgan fingerprint density at radius 1 is 1.35 bits per heavy atom. The number of nitrogens with zero attached hydrogens (tertiary/aromatic N) is 1. The van der Waals surface area contributed by atoms with Crippen molar-refractivity contribution < 1.29 is 9.59 Å². The van der Waals surface area contributed by atoms with Crippen molar-refractivity contribution in [1.29, 1.82) is 0 Å². The number of hydrogen-bond donors (Lipinski definition) is 1. The zero-order valence-corrected chi connectivity index (χ0v) is 13.9. The largest absolute Gasteiger partial charge is 0.325 e. The summed E-state index contributed by atoms with van der Waals surface area (Å²) in [6.45, 7) is 6.02. The van der Waals surface area contributed by atoms with E-state index in [-0.39, 0.29) is 23.9 Å². The molecule has 1 aliphatic heterocycles. The van der Waals surface area contributed by atoms with Crippen LogP contribution in [0.5, 0.6) is 0 Å².